The smallest absolute Gasteiger partial charge is 0.104 e. The highest BCUT2D eigenvalue weighted by Crippen LogP contribution is 1.66. The molecule has 0 rings (SSSR count). The van der Waals surface area contributed by atoms with Gasteiger partial charge in [0.05, 0.1) is 0 Å². The topological polar surface area (TPSA) is 20.2 Å². The lowest BCUT2D eigenvalue weighted by Crippen LogP contribution is -1.68. The van der Waals surface area contributed by atoms with Gasteiger partial charge in [-0.3, -0.25) is 0 Å². The summed E-state index contributed by atoms with van der Waals surface area (Å²) in [5, 5.41) is 8.21. The normalized spacial score (nSPS) is 7.30. The van der Waals surface area contributed by atoms with Gasteiger partial charge in [0.25, 0.3) is 0 Å². The molecular formula is C9H8O. The van der Waals surface area contributed by atoms with Crippen LogP contribution in [-0.4, -0.2) is 11.7 Å². The average Bonchev–Trinajstić information content (AvgIpc) is 1.97. The summed E-state index contributed by atoms with van der Waals surface area (Å²) in [5.41, 5.74) is 0. The minimum absolute atomic E-state index is 0.112. The van der Waals surface area contributed by atoms with Crippen molar-refractivity contribution in [2.75, 3.05) is 6.61 Å². The number of hydrogen-bond donors (Lipinski definition) is 1. The number of rotatable bonds is 0. The van der Waals surface area contributed by atoms with Gasteiger partial charge in [0.2, 0.25) is 0 Å². The van der Waals surface area contributed by atoms with Gasteiger partial charge < -0.3 is 5.11 Å². The van der Waals surface area contributed by atoms with E-state index in [2.05, 4.69) is 30.3 Å². The summed E-state index contributed by atoms with van der Waals surface area (Å²) in [6.07, 6.45) is 4.68. The minimum Gasteiger partial charge on any atom is -0.384 e. The molecule has 10 heavy (non-hydrogen) atoms. The molecule has 1 heteroatoms. The van der Waals surface area contributed by atoms with Crippen LogP contribution in [0.5, 0.6) is 0 Å². The molecule has 0 aliphatic rings. The second kappa shape index (κ2) is 7.56. The number of aliphatic hydroxyl groups is 1. The fraction of sp³-hybridized carbons (Fsp3) is 0.111. The van der Waals surface area contributed by atoms with Gasteiger partial charge in [-0.1, -0.05) is 30.3 Å². The number of hydrogen-bond acceptors (Lipinski definition) is 1. The lowest BCUT2D eigenvalue weighted by Gasteiger charge is -1.65. The first-order valence-corrected chi connectivity index (χ1v) is 2.78. The Labute approximate surface area is 61.1 Å². The maximum atomic E-state index is 8.21. The molecule has 0 aliphatic carbocycles. The average molecular weight is 132 g/mol. The first-order valence-electron chi connectivity index (χ1n) is 2.78. The molecule has 0 spiro atoms. The molecule has 0 aromatic carbocycles. The van der Waals surface area contributed by atoms with Crippen LogP contribution in [0.2, 0.25) is 0 Å². The Bertz CT molecular complexity index is 227. The molecule has 0 radical (unpaired) electrons. The highest BCUT2D eigenvalue weighted by Gasteiger charge is 1.58. The molecule has 0 saturated heterocycles. The SMILES string of the molecule is C=CC#C/C=C\C#CCO. The highest BCUT2D eigenvalue weighted by molar-refractivity contribution is 5.27. The first kappa shape index (κ1) is 8.56. The molecule has 1 N–H and O–H groups in total. The van der Waals surface area contributed by atoms with E-state index in [1.54, 1.807) is 12.2 Å². The zero-order chi connectivity index (χ0) is 7.66. The molecule has 0 saturated carbocycles. The standard InChI is InChI=1S/C9H8O/c1-2-3-4-5-6-7-8-9-10/h2,5-6,10H,1,9H2/b6-5-. The minimum atomic E-state index is -0.112. The third kappa shape index (κ3) is 6.56. The zero-order valence-electron chi connectivity index (χ0n) is 5.59. The van der Waals surface area contributed by atoms with Crippen LogP contribution >= 0.6 is 0 Å². The molecule has 0 fully saturated rings. The summed E-state index contributed by atoms with van der Waals surface area (Å²) in [6, 6.07) is 0. The maximum Gasteiger partial charge on any atom is 0.104 e. The van der Waals surface area contributed by atoms with E-state index >= 15 is 0 Å². The Kier molecular flexibility index (Phi) is 6.47. The second-order valence-electron chi connectivity index (χ2n) is 1.31. The third-order valence-corrected chi connectivity index (χ3v) is 0.617. The van der Waals surface area contributed by atoms with Crippen molar-refractivity contribution in [3.63, 3.8) is 0 Å². The van der Waals surface area contributed by atoms with Crippen molar-refractivity contribution in [3.05, 3.63) is 24.8 Å². The first-order chi connectivity index (χ1) is 4.91. The quantitative estimate of drug-likeness (QED) is 0.482. The van der Waals surface area contributed by atoms with Crippen molar-refractivity contribution in [1.82, 2.24) is 0 Å². The summed E-state index contributed by atoms with van der Waals surface area (Å²) in [6.45, 7) is 3.30. The molecule has 0 atom stereocenters. The molecule has 0 unspecified atom stereocenters. The summed E-state index contributed by atoms with van der Waals surface area (Å²) in [7, 11) is 0. The number of allylic oxidation sites excluding steroid dienone is 3. The largest absolute Gasteiger partial charge is 0.384 e. The van der Waals surface area contributed by atoms with Crippen LogP contribution in [0.4, 0.5) is 0 Å². The van der Waals surface area contributed by atoms with E-state index < -0.39 is 0 Å². The Hall–Kier alpha value is -1.44. The predicted molar refractivity (Wildman–Crippen MR) is 42.0 cm³/mol. The number of aliphatic hydroxyl groups excluding tert-OH is 1. The zero-order valence-corrected chi connectivity index (χ0v) is 5.59. The van der Waals surface area contributed by atoms with Crippen LogP contribution in [0.1, 0.15) is 0 Å². The molecule has 0 amide bonds. The van der Waals surface area contributed by atoms with Gasteiger partial charge in [0.15, 0.2) is 0 Å². The summed E-state index contributed by atoms with van der Waals surface area (Å²) in [5.74, 6) is 10.3. The van der Waals surface area contributed by atoms with Crippen LogP contribution < -0.4 is 0 Å². The summed E-state index contributed by atoms with van der Waals surface area (Å²) in [4.78, 5) is 0. The van der Waals surface area contributed by atoms with Crippen LogP contribution in [0.3, 0.4) is 0 Å². The van der Waals surface area contributed by atoms with Gasteiger partial charge in [-0.15, -0.1) is 0 Å². The summed E-state index contributed by atoms with van der Waals surface area (Å²) >= 11 is 0. The molecule has 0 aromatic heterocycles. The molecular weight excluding hydrogens is 124 g/mol. The highest BCUT2D eigenvalue weighted by atomic mass is 16.2. The van der Waals surface area contributed by atoms with Crippen LogP contribution in [-0.2, 0) is 0 Å². The second-order valence-corrected chi connectivity index (χ2v) is 1.31. The van der Waals surface area contributed by atoms with Crippen molar-refractivity contribution in [1.29, 1.82) is 0 Å². The molecule has 1 nitrogen and oxygen atoms in total. The molecule has 0 aromatic rings. The van der Waals surface area contributed by atoms with E-state index in [4.69, 9.17) is 5.11 Å². The van der Waals surface area contributed by atoms with E-state index in [-0.39, 0.29) is 6.61 Å². The van der Waals surface area contributed by atoms with Crippen molar-refractivity contribution in [3.8, 4) is 23.7 Å². The maximum absolute atomic E-state index is 8.21. The fourth-order valence-corrected chi connectivity index (χ4v) is 0.295. The Morgan fingerprint density at radius 1 is 1.20 bits per heavy atom. The Morgan fingerprint density at radius 3 is 2.50 bits per heavy atom. The van der Waals surface area contributed by atoms with Crippen LogP contribution in [0.25, 0.3) is 0 Å². The molecule has 50 valence electrons. The lowest BCUT2D eigenvalue weighted by molar-refractivity contribution is 0.350. The van der Waals surface area contributed by atoms with E-state index in [1.165, 1.54) is 6.08 Å². The fourth-order valence-electron chi connectivity index (χ4n) is 0.295. The van der Waals surface area contributed by atoms with E-state index in [0.717, 1.165) is 0 Å². The van der Waals surface area contributed by atoms with Crippen molar-refractivity contribution in [2.24, 2.45) is 0 Å². The van der Waals surface area contributed by atoms with E-state index in [0.29, 0.717) is 0 Å². The Balaban J connectivity index is 3.66. The van der Waals surface area contributed by atoms with E-state index in [9.17, 15) is 0 Å². The molecule has 0 aliphatic heterocycles. The van der Waals surface area contributed by atoms with Crippen LogP contribution in [0, 0.1) is 23.7 Å². The van der Waals surface area contributed by atoms with Crippen molar-refractivity contribution < 1.29 is 5.11 Å². The van der Waals surface area contributed by atoms with Gasteiger partial charge in [-0.25, -0.2) is 0 Å². The van der Waals surface area contributed by atoms with Gasteiger partial charge >= 0.3 is 0 Å². The van der Waals surface area contributed by atoms with Crippen molar-refractivity contribution in [2.45, 2.75) is 0 Å². The Morgan fingerprint density at radius 2 is 1.90 bits per heavy atom. The van der Waals surface area contributed by atoms with Crippen LogP contribution in [0.15, 0.2) is 24.8 Å². The predicted octanol–water partition coefficient (Wildman–Crippen LogP) is 0.728. The molecule has 0 heterocycles. The monoisotopic (exact) mass is 132 g/mol. The molecule has 0 bridgehead atoms. The van der Waals surface area contributed by atoms with Gasteiger partial charge in [0.1, 0.15) is 6.61 Å². The van der Waals surface area contributed by atoms with E-state index in [1.807, 2.05) is 0 Å². The summed E-state index contributed by atoms with van der Waals surface area (Å²) < 4.78 is 0. The van der Waals surface area contributed by atoms with Gasteiger partial charge in [-0.05, 0) is 18.2 Å². The van der Waals surface area contributed by atoms with Crippen molar-refractivity contribution >= 4 is 0 Å². The van der Waals surface area contributed by atoms with Gasteiger partial charge in [-0.2, -0.15) is 0 Å². The lowest BCUT2D eigenvalue weighted by atomic mass is 10.4. The van der Waals surface area contributed by atoms with Gasteiger partial charge in [0, 0.05) is 0 Å². The third-order valence-electron chi connectivity index (χ3n) is 0.617.